The fourth-order valence-corrected chi connectivity index (χ4v) is 5.55. The van der Waals surface area contributed by atoms with E-state index in [0.717, 1.165) is 38.7 Å². The second-order valence-electron chi connectivity index (χ2n) is 9.42. The highest BCUT2D eigenvalue weighted by Gasteiger charge is 2.40. The van der Waals surface area contributed by atoms with Crippen molar-refractivity contribution < 1.29 is 8.42 Å². The van der Waals surface area contributed by atoms with Gasteiger partial charge in [-0.3, -0.25) is 4.90 Å². The van der Waals surface area contributed by atoms with Crippen molar-refractivity contribution in [3.63, 3.8) is 0 Å². The van der Waals surface area contributed by atoms with Gasteiger partial charge in [0.15, 0.2) is 15.8 Å². The van der Waals surface area contributed by atoms with E-state index in [4.69, 9.17) is 4.99 Å². The summed E-state index contributed by atoms with van der Waals surface area (Å²) in [5.74, 6) is 0.967. The largest absolute Gasteiger partial charge is 0.357 e. The average Bonchev–Trinajstić information content (AvgIpc) is 2.92. The lowest BCUT2D eigenvalue weighted by atomic mass is 10.1. The number of nitrogens with zero attached hydrogens (tertiary/aromatic N) is 4. The van der Waals surface area contributed by atoms with Gasteiger partial charge in [0.1, 0.15) is 0 Å². The SMILES string of the molecule is CCNC(=NCc1ccc(CN2CCCN(C)CC2)cc1)N1CCS(=O)(=O)C(C)(C)C1. The molecular formula is C23H39N5O2S. The van der Waals surface area contributed by atoms with E-state index >= 15 is 0 Å². The fraction of sp³-hybridized carbons (Fsp3) is 0.696. The lowest BCUT2D eigenvalue weighted by Crippen LogP contribution is -2.57. The minimum atomic E-state index is -3.06. The third-order valence-corrected chi connectivity index (χ3v) is 8.86. The highest BCUT2D eigenvalue weighted by atomic mass is 32.2. The standard InChI is InChI=1S/C23H39N5O2S/c1-5-24-22(28-15-16-31(29,30)23(2,3)19-28)25-17-20-7-9-21(10-8-20)18-27-12-6-11-26(4)13-14-27/h7-10H,5-6,11-19H2,1-4H3,(H,24,25). The van der Waals surface area contributed by atoms with E-state index in [-0.39, 0.29) is 5.75 Å². The Hall–Kier alpha value is -1.64. The van der Waals surface area contributed by atoms with Crippen molar-refractivity contribution >= 4 is 15.8 Å². The number of likely N-dealkylation sites (N-methyl/N-ethyl adjacent to an activating group) is 1. The number of aliphatic imine (C=N–C) groups is 1. The minimum absolute atomic E-state index is 0.172. The summed E-state index contributed by atoms with van der Waals surface area (Å²) in [6.07, 6.45) is 1.23. The molecule has 0 saturated carbocycles. The number of hydrogen-bond donors (Lipinski definition) is 1. The zero-order valence-electron chi connectivity index (χ0n) is 19.6. The van der Waals surface area contributed by atoms with Crippen LogP contribution >= 0.6 is 0 Å². The average molecular weight is 450 g/mol. The van der Waals surface area contributed by atoms with Crippen LogP contribution in [0.2, 0.25) is 0 Å². The maximum absolute atomic E-state index is 12.3. The van der Waals surface area contributed by atoms with Gasteiger partial charge in [-0.05, 0) is 58.5 Å². The lowest BCUT2D eigenvalue weighted by Gasteiger charge is -2.39. The van der Waals surface area contributed by atoms with Crippen molar-refractivity contribution in [1.82, 2.24) is 20.0 Å². The Morgan fingerprint density at radius 3 is 2.45 bits per heavy atom. The molecule has 1 N–H and O–H groups in total. The third kappa shape index (κ3) is 6.43. The van der Waals surface area contributed by atoms with Crippen LogP contribution in [-0.4, -0.2) is 92.4 Å². The molecule has 2 fully saturated rings. The molecule has 0 atom stereocenters. The molecule has 3 rings (SSSR count). The maximum Gasteiger partial charge on any atom is 0.194 e. The monoisotopic (exact) mass is 449 g/mol. The van der Waals surface area contributed by atoms with Gasteiger partial charge in [-0.25, -0.2) is 13.4 Å². The summed E-state index contributed by atoms with van der Waals surface area (Å²) in [4.78, 5) is 11.8. The van der Waals surface area contributed by atoms with Crippen molar-refractivity contribution in [2.24, 2.45) is 4.99 Å². The Kier molecular flexibility index (Phi) is 7.99. The molecule has 0 amide bonds. The molecule has 2 aliphatic heterocycles. The van der Waals surface area contributed by atoms with Crippen molar-refractivity contribution in [3.8, 4) is 0 Å². The Bertz CT molecular complexity index is 851. The van der Waals surface area contributed by atoms with Gasteiger partial charge in [0.05, 0.1) is 17.0 Å². The van der Waals surface area contributed by atoms with Gasteiger partial charge in [-0.1, -0.05) is 24.3 Å². The number of sulfone groups is 1. The van der Waals surface area contributed by atoms with Gasteiger partial charge >= 0.3 is 0 Å². The van der Waals surface area contributed by atoms with Gasteiger partial charge < -0.3 is 15.1 Å². The molecule has 174 valence electrons. The fourth-order valence-electron chi connectivity index (χ4n) is 4.18. The molecule has 2 saturated heterocycles. The highest BCUT2D eigenvalue weighted by Crippen LogP contribution is 2.24. The van der Waals surface area contributed by atoms with Crippen molar-refractivity contribution in [2.75, 3.05) is 58.6 Å². The van der Waals surface area contributed by atoms with E-state index in [1.54, 1.807) is 13.8 Å². The van der Waals surface area contributed by atoms with E-state index in [9.17, 15) is 8.42 Å². The summed E-state index contributed by atoms with van der Waals surface area (Å²) < 4.78 is 23.9. The number of benzene rings is 1. The number of hydrogen-bond acceptors (Lipinski definition) is 5. The van der Waals surface area contributed by atoms with Crippen LogP contribution < -0.4 is 5.32 Å². The molecule has 2 heterocycles. The van der Waals surface area contributed by atoms with Crippen LogP contribution in [0, 0.1) is 0 Å². The molecular weight excluding hydrogens is 410 g/mol. The van der Waals surface area contributed by atoms with Crippen LogP contribution in [0.5, 0.6) is 0 Å². The van der Waals surface area contributed by atoms with E-state index < -0.39 is 14.6 Å². The molecule has 1 aromatic carbocycles. The van der Waals surface area contributed by atoms with Crippen molar-refractivity contribution in [2.45, 2.75) is 45.0 Å². The number of nitrogens with one attached hydrogen (secondary N) is 1. The summed E-state index contributed by atoms with van der Waals surface area (Å²) in [5.41, 5.74) is 2.51. The molecule has 0 aromatic heterocycles. The van der Waals surface area contributed by atoms with Gasteiger partial charge in [-0.15, -0.1) is 0 Å². The summed E-state index contributed by atoms with van der Waals surface area (Å²) in [7, 11) is -0.864. The van der Waals surface area contributed by atoms with E-state index in [2.05, 4.69) is 51.3 Å². The topological polar surface area (TPSA) is 68.2 Å². The van der Waals surface area contributed by atoms with Gasteiger partial charge in [0, 0.05) is 39.3 Å². The first-order valence-corrected chi connectivity index (χ1v) is 13.1. The first-order chi connectivity index (χ1) is 14.7. The van der Waals surface area contributed by atoms with Crippen LogP contribution in [0.15, 0.2) is 29.3 Å². The molecule has 0 aliphatic carbocycles. The number of guanidine groups is 1. The molecule has 31 heavy (non-hydrogen) atoms. The van der Waals surface area contributed by atoms with Crippen LogP contribution in [-0.2, 0) is 22.9 Å². The van der Waals surface area contributed by atoms with Crippen molar-refractivity contribution in [1.29, 1.82) is 0 Å². The minimum Gasteiger partial charge on any atom is -0.357 e. The smallest absolute Gasteiger partial charge is 0.194 e. The second kappa shape index (κ2) is 10.3. The molecule has 2 aliphatic rings. The second-order valence-corrected chi connectivity index (χ2v) is 12.2. The van der Waals surface area contributed by atoms with Gasteiger partial charge in [-0.2, -0.15) is 0 Å². The zero-order chi connectivity index (χ0) is 22.5. The molecule has 8 heteroatoms. The van der Waals surface area contributed by atoms with E-state index in [1.807, 2.05) is 6.92 Å². The Morgan fingerprint density at radius 2 is 1.77 bits per heavy atom. The van der Waals surface area contributed by atoms with Crippen LogP contribution in [0.4, 0.5) is 0 Å². The molecule has 0 unspecified atom stereocenters. The van der Waals surface area contributed by atoms with Crippen LogP contribution in [0.25, 0.3) is 0 Å². The quantitative estimate of drug-likeness (QED) is 0.546. The van der Waals surface area contributed by atoms with E-state index in [0.29, 0.717) is 19.6 Å². The first kappa shape index (κ1) is 24.0. The molecule has 0 radical (unpaired) electrons. The predicted molar refractivity (Wildman–Crippen MR) is 128 cm³/mol. The van der Waals surface area contributed by atoms with Crippen LogP contribution in [0.3, 0.4) is 0 Å². The Balaban J connectivity index is 1.61. The summed E-state index contributed by atoms with van der Waals surface area (Å²) in [5, 5.41) is 3.33. The zero-order valence-corrected chi connectivity index (χ0v) is 20.4. The van der Waals surface area contributed by atoms with E-state index in [1.165, 1.54) is 24.1 Å². The predicted octanol–water partition coefficient (Wildman–Crippen LogP) is 1.80. The summed E-state index contributed by atoms with van der Waals surface area (Å²) in [6.45, 7) is 13.5. The van der Waals surface area contributed by atoms with Crippen molar-refractivity contribution in [3.05, 3.63) is 35.4 Å². The lowest BCUT2D eigenvalue weighted by molar-refractivity contribution is 0.269. The summed E-state index contributed by atoms with van der Waals surface area (Å²) in [6, 6.07) is 8.75. The Morgan fingerprint density at radius 1 is 1.06 bits per heavy atom. The first-order valence-electron chi connectivity index (χ1n) is 11.4. The highest BCUT2D eigenvalue weighted by molar-refractivity contribution is 7.92. The van der Waals surface area contributed by atoms with Gasteiger partial charge in [0.25, 0.3) is 0 Å². The Labute approximate surface area is 188 Å². The third-order valence-electron chi connectivity index (χ3n) is 6.33. The van der Waals surface area contributed by atoms with Crippen LogP contribution in [0.1, 0.15) is 38.3 Å². The number of rotatable bonds is 5. The molecule has 0 spiro atoms. The normalized spacial score (nSPS) is 22.8. The summed E-state index contributed by atoms with van der Waals surface area (Å²) >= 11 is 0. The molecule has 0 bridgehead atoms. The van der Waals surface area contributed by atoms with Gasteiger partial charge in [0.2, 0.25) is 0 Å². The maximum atomic E-state index is 12.3. The molecule has 1 aromatic rings. The molecule has 7 nitrogen and oxygen atoms in total.